The number of rotatable bonds is 12. The minimum atomic E-state index is -5.08. The maximum Gasteiger partial charge on any atom is 0.490 e. The van der Waals surface area contributed by atoms with Gasteiger partial charge in [0.05, 0.1) is 12.7 Å². The molecule has 1 amide bonds. The van der Waals surface area contributed by atoms with E-state index >= 15 is 0 Å². The number of carboxylic acids is 1. The molecular weight excluding hydrogens is 633 g/mol. The lowest BCUT2D eigenvalue weighted by Gasteiger charge is -2.23. The van der Waals surface area contributed by atoms with Crippen LogP contribution in [0.1, 0.15) is 50.8 Å². The number of amides is 1. The first-order valence-electron chi connectivity index (χ1n) is 15.0. The van der Waals surface area contributed by atoms with Gasteiger partial charge in [0.15, 0.2) is 11.5 Å². The average Bonchev–Trinajstić information content (AvgIpc) is 3.84. The molecule has 0 aliphatic heterocycles. The average molecular weight is 671 g/mol. The van der Waals surface area contributed by atoms with Gasteiger partial charge in [0, 0.05) is 34.0 Å². The number of halogens is 3. The molecule has 3 aromatic carbocycles. The van der Waals surface area contributed by atoms with Gasteiger partial charge < -0.3 is 30.9 Å². The van der Waals surface area contributed by atoms with Crippen LogP contribution in [-0.2, 0) is 16.1 Å². The number of carbonyl (C=O) groups is 2. The fourth-order valence-corrected chi connectivity index (χ4v) is 5.68. The summed E-state index contributed by atoms with van der Waals surface area (Å²) in [6, 6.07) is 21.0. The molecule has 1 fully saturated rings. The van der Waals surface area contributed by atoms with Gasteiger partial charge in [-0.1, -0.05) is 24.3 Å². The van der Waals surface area contributed by atoms with Crippen LogP contribution in [0.5, 0.6) is 11.5 Å². The molecule has 13 heteroatoms. The highest BCUT2D eigenvalue weighted by atomic mass is 32.2. The van der Waals surface area contributed by atoms with Crippen LogP contribution in [0.15, 0.2) is 77.8 Å². The Hall–Kier alpha value is -4.65. The maximum atomic E-state index is 13.8. The van der Waals surface area contributed by atoms with Crippen LogP contribution in [-0.4, -0.2) is 46.1 Å². The zero-order chi connectivity index (χ0) is 34.1. The number of hydrogen-bond acceptors (Lipinski definition) is 8. The number of thioether (sulfide) groups is 1. The molecule has 47 heavy (non-hydrogen) atoms. The van der Waals surface area contributed by atoms with E-state index in [2.05, 4.69) is 33.8 Å². The molecule has 1 aromatic heterocycles. The number of nitrogens with one attached hydrogen (secondary N) is 2. The number of nitrogen functional groups attached to an aromatic ring is 1. The summed E-state index contributed by atoms with van der Waals surface area (Å²) in [5.41, 5.74) is 8.74. The number of aliphatic carboxylic acids is 1. The Morgan fingerprint density at radius 2 is 1.79 bits per heavy atom. The van der Waals surface area contributed by atoms with Crippen molar-refractivity contribution < 1.29 is 37.3 Å². The Balaban J connectivity index is 0.000000644. The van der Waals surface area contributed by atoms with Crippen molar-refractivity contribution in [3.05, 3.63) is 84.1 Å². The summed E-state index contributed by atoms with van der Waals surface area (Å²) in [6.07, 6.45) is -0.896. The second kappa shape index (κ2) is 15.8. The van der Waals surface area contributed by atoms with E-state index in [-0.39, 0.29) is 12.0 Å². The van der Waals surface area contributed by atoms with Gasteiger partial charge >= 0.3 is 12.1 Å². The molecule has 0 spiro atoms. The van der Waals surface area contributed by atoms with Crippen LogP contribution in [0.25, 0.3) is 10.8 Å². The predicted octanol–water partition coefficient (Wildman–Crippen LogP) is 7.36. The standard InChI is InChI=1S/C32H36N4O3S.C2HF3O2/c1-4-38-28-18-22(9-14-27(28)39-20(2)3)30(36-24-10-13-26-21(17-24)15-16-34-31(26)33)32(37)35-19-23-7-5-6-8-29(23)40-25-11-12-25;3-2(4,5)1(6)7/h5-10,13-18,20,25,30,36H,4,11-12,19H2,1-3H3,(H2,33,34)(H,35,37);(H,6,7). The molecule has 1 saturated carbocycles. The van der Waals surface area contributed by atoms with Gasteiger partial charge in [-0.15, -0.1) is 11.8 Å². The molecular formula is C34H37F3N4O5S. The monoisotopic (exact) mass is 670 g/mol. The summed E-state index contributed by atoms with van der Waals surface area (Å²) in [4.78, 5) is 28.1. The topological polar surface area (TPSA) is 136 Å². The lowest BCUT2D eigenvalue weighted by Crippen LogP contribution is -2.33. The van der Waals surface area contributed by atoms with Crippen LogP contribution >= 0.6 is 11.8 Å². The largest absolute Gasteiger partial charge is 0.490 e. The number of benzene rings is 3. The summed E-state index contributed by atoms with van der Waals surface area (Å²) < 4.78 is 43.6. The van der Waals surface area contributed by atoms with Gasteiger partial charge in [-0.25, -0.2) is 9.78 Å². The van der Waals surface area contributed by atoms with E-state index in [1.165, 1.54) is 17.7 Å². The molecule has 1 aliphatic rings. The molecule has 5 rings (SSSR count). The van der Waals surface area contributed by atoms with Crippen LogP contribution < -0.4 is 25.8 Å². The lowest BCUT2D eigenvalue weighted by atomic mass is 10.0. The maximum absolute atomic E-state index is 13.8. The third kappa shape index (κ3) is 10.2. The number of alkyl halides is 3. The minimum absolute atomic E-state index is 0.00428. The van der Waals surface area contributed by atoms with Crippen LogP contribution in [0.4, 0.5) is 24.7 Å². The molecule has 0 radical (unpaired) electrons. The Kier molecular flexibility index (Phi) is 11.8. The van der Waals surface area contributed by atoms with Gasteiger partial charge in [-0.2, -0.15) is 13.2 Å². The normalized spacial score (nSPS) is 13.3. The van der Waals surface area contributed by atoms with Gasteiger partial charge in [0.2, 0.25) is 5.91 Å². The first kappa shape index (κ1) is 35.2. The summed E-state index contributed by atoms with van der Waals surface area (Å²) in [5.74, 6) is -1.16. The SMILES string of the molecule is CCOc1cc(C(Nc2ccc3c(N)nccc3c2)C(=O)NCc2ccccc2SC2CC2)ccc1OC(C)C.O=C(O)C(F)(F)F. The number of ether oxygens (including phenoxy) is 2. The van der Waals surface area contributed by atoms with E-state index in [9.17, 15) is 18.0 Å². The summed E-state index contributed by atoms with van der Waals surface area (Å²) in [5, 5.41) is 16.3. The van der Waals surface area contributed by atoms with Crippen LogP contribution in [0, 0.1) is 0 Å². The summed E-state index contributed by atoms with van der Waals surface area (Å²) in [6.45, 7) is 6.81. The first-order valence-corrected chi connectivity index (χ1v) is 15.9. The van der Waals surface area contributed by atoms with E-state index in [1.54, 1.807) is 6.20 Å². The highest BCUT2D eigenvalue weighted by Gasteiger charge is 2.38. The molecule has 250 valence electrons. The summed E-state index contributed by atoms with van der Waals surface area (Å²) in [7, 11) is 0. The Bertz CT molecular complexity index is 1700. The van der Waals surface area contributed by atoms with E-state index in [1.807, 2.05) is 81.1 Å². The highest BCUT2D eigenvalue weighted by molar-refractivity contribution is 8.00. The molecule has 5 N–H and O–H groups in total. The summed E-state index contributed by atoms with van der Waals surface area (Å²) >= 11 is 1.90. The van der Waals surface area contributed by atoms with E-state index < -0.39 is 18.2 Å². The van der Waals surface area contributed by atoms with Crippen molar-refractivity contribution in [3.8, 4) is 11.5 Å². The molecule has 0 saturated heterocycles. The number of hydrogen-bond donors (Lipinski definition) is 4. The van der Waals surface area contributed by atoms with Gasteiger partial charge in [0.1, 0.15) is 11.9 Å². The molecule has 1 aliphatic carbocycles. The third-order valence-electron chi connectivity index (χ3n) is 6.82. The van der Waals surface area contributed by atoms with E-state index in [0.717, 1.165) is 27.6 Å². The van der Waals surface area contributed by atoms with Crippen LogP contribution in [0.3, 0.4) is 0 Å². The van der Waals surface area contributed by atoms with Crippen molar-refractivity contribution in [1.29, 1.82) is 0 Å². The number of fused-ring (bicyclic) bond motifs is 1. The second-order valence-electron chi connectivity index (χ2n) is 11.0. The smallest absolute Gasteiger partial charge is 0.490 e. The number of anilines is 2. The molecule has 1 heterocycles. The van der Waals surface area contributed by atoms with E-state index in [0.29, 0.717) is 35.7 Å². The van der Waals surface area contributed by atoms with E-state index in [4.69, 9.17) is 25.1 Å². The number of carboxylic acid groups (broad SMARTS) is 1. The van der Waals surface area contributed by atoms with Crippen molar-refractivity contribution in [3.63, 3.8) is 0 Å². The van der Waals surface area contributed by atoms with Crippen molar-refractivity contribution in [1.82, 2.24) is 10.3 Å². The zero-order valence-electron chi connectivity index (χ0n) is 26.1. The van der Waals surface area contributed by atoms with Crippen molar-refractivity contribution in [2.45, 2.75) is 68.6 Å². The highest BCUT2D eigenvalue weighted by Crippen LogP contribution is 2.40. The lowest BCUT2D eigenvalue weighted by molar-refractivity contribution is -0.192. The van der Waals surface area contributed by atoms with Gasteiger partial charge in [-0.3, -0.25) is 4.79 Å². The molecule has 1 atom stereocenters. The molecule has 9 nitrogen and oxygen atoms in total. The third-order valence-corrected chi connectivity index (χ3v) is 8.28. The molecule has 0 bridgehead atoms. The Morgan fingerprint density at radius 1 is 1.06 bits per heavy atom. The fraction of sp³-hybridized carbons (Fsp3) is 0.324. The number of carbonyl (C=O) groups excluding carboxylic acids is 1. The van der Waals surface area contributed by atoms with Crippen molar-refractivity contribution in [2.24, 2.45) is 0 Å². The first-order chi connectivity index (χ1) is 22.3. The second-order valence-corrected chi connectivity index (χ2v) is 12.3. The predicted molar refractivity (Wildman–Crippen MR) is 177 cm³/mol. The zero-order valence-corrected chi connectivity index (χ0v) is 27.0. The minimum Gasteiger partial charge on any atom is -0.490 e. The Labute approximate surface area is 275 Å². The van der Waals surface area contributed by atoms with Crippen LogP contribution in [0.2, 0.25) is 0 Å². The number of nitrogens with two attached hydrogens (primary N) is 1. The van der Waals surface area contributed by atoms with Gasteiger partial charge in [-0.05, 0) is 92.6 Å². The quantitative estimate of drug-likeness (QED) is 0.122. The Morgan fingerprint density at radius 3 is 2.45 bits per heavy atom. The fourth-order valence-electron chi connectivity index (χ4n) is 4.50. The number of aromatic nitrogens is 1. The molecule has 1 unspecified atom stereocenters. The van der Waals surface area contributed by atoms with Gasteiger partial charge in [0.25, 0.3) is 0 Å². The molecule has 4 aromatic rings. The van der Waals surface area contributed by atoms with Crippen molar-refractivity contribution in [2.75, 3.05) is 17.7 Å². The number of pyridine rings is 1. The van der Waals surface area contributed by atoms with Crippen molar-refractivity contribution >= 4 is 45.9 Å². The number of nitrogens with zero attached hydrogens (tertiary/aromatic N) is 1.